The Balaban J connectivity index is 1.63. The van der Waals surface area contributed by atoms with Crippen molar-refractivity contribution in [2.45, 2.75) is 0 Å². The Morgan fingerprint density at radius 3 is 2.07 bits per heavy atom. The predicted molar refractivity (Wildman–Crippen MR) is 111 cm³/mol. The molecule has 3 rings (SSSR count). The number of hydrogen-bond acceptors (Lipinski definition) is 4. The first-order valence-corrected chi connectivity index (χ1v) is 9.22. The van der Waals surface area contributed by atoms with Crippen LogP contribution in [0.4, 0.5) is 5.69 Å². The molecule has 0 fully saturated rings. The highest BCUT2D eigenvalue weighted by molar-refractivity contribution is 6.30. The number of amides is 1. The monoisotopic (exact) mass is 404 g/mol. The fourth-order valence-corrected chi connectivity index (χ4v) is 2.82. The van der Waals surface area contributed by atoms with Crippen LogP contribution in [0.5, 0.6) is 5.75 Å². The van der Waals surface area contributed by atoms with Crippen molar-refractivity contribution in [2.75, 3.05) is 18.1 Å². The van der Waals surface area contributed by atoms with Crippen molar-refractivity contribution in [3.05, 3.63) is 95.0 Å². The molecule has 0 atom stereocenters. The van der Waals surface area contributed by atoms with Gasteiger partial charge in [0.15, 0.2) is 12.4 Å². The maximum absolute atomic E-state index is 12.5. The summed E-state index contributed by atoms with van der Waals surface area (Å²) in [7, 11) is 0. The van der Waals surface area contributed by atoms with Crippen molar-refractivity contribution in [2.24, 2.45) is 0 Å². The maximum atomic E-state index is 12.5. The van der Waals surface area contributed by atoms with Crippen LogP contribution in [0.25, 0.3) is 0 Å². The number of nitriles is 1. The number of rotatable bonds is 7. The molecule has 29 heavy (non-hydrogen) atoms. The first-order chi connectivity index (χ1) is 14.1. The Hall–Kier alpha value is -3.62. The van der Waals surface area contributed by atoms with Gasteiger partial charge in [-0.1, -0.05) is 29.8 Å². The maximum Gasteiger partial charge on any atom is 0.265 e. The normalized spacial score (nSPS) is 10.1. The zero-order valence-corrected chi connectivity index (χ0v) is 16.2. The van der Waals surface area contributed by atoms with Crippen molar-refractivity contribution in [3.8, 4) is 11.8 Å². The first kappa shape index (κ1) is 20.1. The average Bonchev–Trinajstić information content (AvgIpc) is 2.77. The Morgan fingerprint density at radius 1 is 0.897 bits per heavy atom. The fraction of sp³-hybridized carbons (Fsp3) is 0.0870. The van der Waals surface area contributed by atoms with E-state index in [-0.39, 0.29) is 24.8 Å². The molecule has 3 aromatic carbocycles. The van der Waals surface area contributed by atoms with E-state index in [0.717, 1.165) is 0 Å². The van der Waals surface area contributed by atoms with Gasteiger partial charge in [0.1, 0.15) is 12.3 Å². The third kappa shape index (κ3) is 5.22. The summed E-state index contributed by atoms with van der Waals surface area (Å²) in [5.41, 5.74) is 1.67. The molecule has 6 heteroatoms. The predicted octanol–water partition coefficient (Wildman–Crippen LogP) is 4.51. The van der Waals surface area contributed by atoms with E-state index in [1.54, 1.807) is 72.8 Å². The van der Waals surface area contributed by atoms with Crippen LogP contribution >= 0.6 is 11.6 Å². The number of nitrogens with zero attached hydrogens (tertiary/aromatic N) is 2. The second-order valence-electron chi connectivity index (χ2n) is 6.12. The Labute approximate surface area is 173 Å². The molecule has 0 radical (unpaired) electrons. The Kier molecular flexibility index (Phi) is 6.62. The number of ketones is 1. The molecule has 0 unspecified atom stereocenters. The topological polar surface area (TPSA) is 70.4 Å². The lowest BCUT2D eigenvalue weighted by Crippen LogP contribution is -2.35. The van der Waals surface area contributed by atoms with Crippen LogP contribution in [0, 0.1) is 11.3 Å². The summed E-state index contributed by atoms with van der Waals surface area (Å²) in [5, 5.41) is 9.57. The van der Waals surface area contributed by atoms with Gasteiger partial charge < -0.3 is 4.74 Å². The molecule has 1 amide bonds. The zero-order chi connectivity index (χ0) is 20.6. The number of para-hydroxylation sites is 1. The number of carbonyl (C=O) groups excluding carboxylic acids is 2. The Bertz CT molecular complexity index is 1030. The Morgan fingerprint density at radius 2 is 1.48 bits per heavy atom. The molecule has 0 saturated heterocycles. The molecule has 0 aliphatic rings. The smallest absolute Gasteiger partial charge is 0.265 e. The quantitative estimate of drug-likeness (QED) is 0.429. The number of hydrogen-bond donors (Lipinski definition) is 0. The molecule has 0 heterocycles. The summed E-state index contributed by atoms with van der Waals surface area (Å²) in [6.07, 6.45) is 0. The van der Waals surface area contributed by atoms with Crippen molar-refractivity contribution in [1.29, 1.82) is 5.26 Å². The van der Waals surface area contributed by atoms with Crippen LogP contribution in [0.1, 0.15) is 15.9 Å². The van der Waals surface area contributed by atoms with Crippen LogP contribution in [0.15, 0.2) is 78.9 Å². The highest BCUT2D eigenvalue weighted by Gasteiger charge is 2.16. The summed E-state index contributed by atoms with van der Waals surface area (Å²) in [6.45, 7) is -0.290. The largest absolute Gasteiger partial charge is 0.484 e. The summed E-state index contributed by atoms with van der Waals surface area (Å²) >= 11 is 5.85. The summed E-state index contributed by atoms with van der Waals surface area (Å²) in [5.74, 6) is -0.0105. The van der Waals surface area contributed by atoms with E-state index >= 15 is 0 Å². The van der Waals surface area contributed by atoms with E-state index < -0.39 is 0 Å². The lowest BCUT2D eigenvalue weighted by molar-refractivity contribution is -0.120. The molecule has 0 N–H and O–H groups in total. The molecular formula is C23H17ClN2O3. The van der Waals surface area contributed by atoms with Crippen LogP contribution in [-0.4, -0.2) is 24.8 Å². The van der Waals surface area contributed by atoms with Crippen molar-refractivity contribution in [3.63, 3.8) is 0 Å². The molecular weight excluding hydrogens is 388 g/mol. The lowest BCUT2D eigenvalue weighted by Gasteiger charge is -2.19. The molecule has 0 aliphatic carbocycles. The SMILES string of the molecule is N#CCN(C(=O)COc1ccc(C(=O)c2ccc(Cl)cc2)cc1)c1ccccc1. The molecule has 0 bridgehead atoms. The van der Waals surface area contributed by atoms with Gasteiger partial charge >= 0.3 is 0 Å². The van der Waals surface area contributed by atoms with Crippen molar-refractivity contribution < 1.29 is 14.3 Å². The third-order valence-corrected chi connectivity index (χ3v) is 4.43. The fourth-order valence-electron chi connectivity index (χ4n) is 2.70. The molecule has 0 aromatic heterocycles. The second kappa shape index (κ2) is 9.54. The van der Waals surface area contributed by atoms with E-state index in [0.29, 0.717) is 27.6 Å². The van der Waals surface area contributed by atoms with Crippen LogP contribution < -0.4 is 9.64 Å². The molecule has 3 aromatic rings. The number of anilines is 1. The van der Waals surface area contributed by atoms with Crippen LogP contribution in [-0.2, 0) is 4.79 Å². The van der Waals surface area contributed by atoms with Gasteiger partial charge in [0.05, 0.1) is 6.07 Å². The zero-order valence-electron chi connectivity index (χ0n) is 15.4. The summed E-state index contributed by atoms with van der Waals surface area (Å²) in [6, 6.07) is 24.1. The minimum Gasteiger partial charge on any atom is -0.484 e. The molecule has 5 nitrogen and oxygen atoms in total. The molecule has 144 valence electrons. The number of benzene rings is 3. The minimum atomic E-state index is -0.334. The summed E-state index contributed by atoms with van der Waals surface area (Å²) < 4.78 is 5.54. The van der Waals surface area contributed by atoms with Crippen molar-refractivity contribution in [1.82, 2.24) is 0 Å². The lowest BCUT2D eigenvalue weighted by atomic mass is 10.0. The van der Waals surface area contributed by atoms with E-state index in [2.05, 4.69) is 0 Å². The number of ether oxygens (including phenoxy) is 1. The van der Waals surface area contributed by atoms with E-state index in [1.165, 1.54) is 4.90 Å². The molecule has 0 aliphatic heterocycles. The van der Waals surface area contributed by atoms with Gasteiger partial charge in [-0.2, -0.15) is 5.26 Å². The van der Waals surface area contributed by atoms with Gasteiger partial charge in [0.25, 0.3) is 5.91 Å². The molecule has 0 spiro atoms. The van der Waals surface area contributed by atoms with Crippen molar-refractivity contribution >= 4 is 29.0 Å². The standard InChI is InChI=1S/C23H17ClN2O3/c24-19-10-6-17(7-11-19)23(28)18-8-12-21(13-9-18)29-16-22(27)26(15-14-25)20-4-2-1-3-5-20/h1-13H,15-16H2. The van der Waals surface area contributed by atoms with Gasteiger partial charge in [-0.25, -0.2) is 0 Å². The second-order valence-corrected chi connectivity index (χ2v) is 6.56. The minimum absolute atomic E-state index is 0.0687. The highest BCUT2D eigenvalue weighted by atomic mass is 35.5. The van der Waals surface area contributed by atoms with Crippen LogP contribution in [0.2, 0.25) is 5.02 Å². The highest BCUT2D eigenvalue weighted by Crippen LogP contribution is 2.18. The average molecular weight is 405 g/mol. The van der Waals surface area contributed by atoms with Gasteiger partial charge in [-0.05, 0) is 60.7 Å². The van der Waals surface area contributed by atoms with E-state index in [4.69, 9.17) is 21.6 Å². The van der Waals surface area contributed by atoms with Gasteiger partial charge in [0, 0.05) is 21.8 Å². The van der Waals surface area contributed by atoms with E-state index in [1.807, 2.05) is 12.1 Å². The van der Waals surface area contributed by atoms with E-state index in [9.17, 15) is 9.59 Å². The van der Waals surface area contributed by atoms with Gasteiger partial charge in [-0.3, -0.25) is 14.5 Å². The first-order valence-electron chi connectivity index (χ1n) is 8.84. The van der Waals surface area contributed by atoms with Crippen LogP contribution in [0.3, 0.4) is 0 Å². The summed E-state index contributed by atoms with van der Waals surface area (Å²) in [4.78, 5) is 26.3. The van der Waals surface area contributed by atoms with Gasteiger partial charge in [-0.15, -0.1) is 0 Å². The number of halogens is 1. The van der Waals surface area contributed by atoms with Gasteiger partial charge in [0.2, 0.25) is 0 Å². The third-order valence-electron chi connectivity index (χ3n) is 4.18. The number of carbonyl (C=O) groups is 2. The molecule has 0 saturated carbocycles.